The van der Waals surface area contributed by atoms with E-state index in [0.717, 1.165) is 27.7 Å². The van der Waals surface area contributed by atoms with Crippen molar-refractivity contribution in [1.82, 2.24) is 0 Å². The molecule has 118 valence electrons. The van der Waals surface area contributed by atoms with Crippen LogP contribution in [0.25, 0.3) is 0 Å². The van der Waals surface area contributed by atoms with E-state index in [1.54, 1.807) is 0 Å². The van der Waals surface area contributed by atoms with Crippen molar-refractivity contribution < 1.29 is 46.4 Å². The minimum absolute atomic E-state index is 0. The summed E-state index contributed by atoms with van der Waals surface area (Å²) in [5.41, 5.74) is -1.28. The Labute approximate surface area is 129 Å². The molecule has 0 aliphatic carbocycles. The molecule has 0 spiro atoms. The first kappa shape index (κ1) is 23.8. The van der Waals surface area contributed by atoms with Crippen molar-refractivity contribution in [1.29, 1.82) is 0 Å². The van der Waals surface area contributed by atoms with Crippen molar-refractivity contribution in [2.75, 3.05) is 0 Å². The van der Waals surface area contributed by atoms with E-state index in [0.29, 0.717) is 0 Å². The molecule has 10 nitrogen and oxygen atoms in total. The third kappa shape index (κ3) is 9.29. The topological polar surface area (TPSA) is 170 Å². The summed E-state index contributed by atoms with van der Waals surface area (Å²) in [5.74, 6) is -1.98. The van der Waals surface area contributed by atoms with Gasteiger partial charge in [-0.3, -0.25) is 29.8 Å². The average Bonchev–Trinajstić information content (AvgIpc) is 2.12. The Bertz CT molecular complexity index is 423. The van der Waals surface area contributed by atoms with Gasteiger partial charge < -0.3 is 10.2 Å². The van der Waals surface area contributed by atoms with Gasteiger partial charge in [-0.05, 0) is 0 Å². The first-order chi connectivity index (χ1) is 8.93. The van der Waals surface area contributed by atoms with Gasteiger partial charge in [-0.25, -0.2) is 0 Å². The molecular weight excluding hydrogens is 335 g/mol. The minimum atomic E-state index is -0.843. The molecule has 0 amide bonds. The fourth-order valence-electron chi connectivity index (χ4n) is 1.05. The molecule has 0 unspecified atom stereocenters. The first-order valence-electron chi connectivity index (χ1n) is 5.07. The zero-order valence-corrected chi connectivity index (χ0v) is 12.7. The summed E-state index contributed by atoms with van der Waals surface area (Å²) in [4.78, 5) is 35.5. The monoisotopic (exact) mass is 351 g/mol. The maximum Gasteiger partial charge on any atom is 3.00 e. The zero-order valence-electron chi connectivity index (χ0n) is 11.6. The van der Waals surface area contributed by atoms with E-state index in [1.807, 2.05) is 0 Å². The fourth-order valence-corrected chi connectivity index (χ4v) is 1.05. The van der Waals surface area contributed by atoms with Gasteiger partial charge in [0, 0.05) is 13.8 Å². The first-order valence-corrected chi connectivity index (χ1v) is 5.07. The van der Waals surface area contributed by atoms with Gasteiger partial charge in [-0.1, -0.05) is 0 Å². The van der Waals surface area contributed by atoms with Gasteiger partial charge in [0.1, 0.15) is 0 Å². The fraction of sp³-hybridized carbons (Fsp3) is 0.400. The number of allylic oxidation sites excluding steroid dienone is 4. The van der Waals surface area contributed by atoms with Crippen molar-refractivity contribution in [3.8, 4) is 0 Å². The molecule has 0 radical (unpaired) electrons. The second-order valence-electron chi connectivity index (χ2n) is 3.55. The van der Waals surface area contributed by atoms with E-state index in [1.165, 1.54) is 0 Å². The van der Waals surface area contributed by atoms with Crippen LogP contribution in [-0.2, 0) is 16.8 Å². The van der Waals surface area contributed by atoms with Gasteiger partial charge in [-0.2, -0.15) is 0 Å². The quantitative estimate of drug-likeness (QED) is 0.254. The van der Waals surface area contributed by atoms with Gasteiger partial charge in [0.05, 0.1) is 23.7 Å². The summed E-state index contributed by atoms with van der Waals surface area (Å²) < 4.78 is 0. The molecular formula is C10H16CoN2O8+5. The predicted molar refractivity (Wildman–Crippen MR) is 69.9 cm³/mol. The van der Waals surface area contributed by atoms with Crippen LogP contribution in [0.2, 0.25) is 0 Å². The molecule has 0 aliphatic rings. The van der Waals surface area contributed by atoms with Crippen LogP contribution in [0.3, 0.4) is 0 Å². The number of ketones is 2. The molecule has 0 saturated carbocycles. The zero-order chi connectivity index (χ0) is 16.6. The number of aliphatic hydroxyl groups is 2. The number of nitrogens with zero attached hydrogens (tertiary/aromatic N) is 2. The normalized spacial score (nSPS) is 11.6. The molecule has 0 bridgehead atoms. The molecule has 0 aromatic rings. The molecule has 0 atom stereocenters. The SMILES string of the molecule is CC(=[OH+])/C(=C(/C)O)[N+](=O)[O-].CC(=[OH+])/C(=C(/C)O)[N+](=O)[O-].[Co+3]. The Morgan fingerprint density at radius 1 is 0.810 bits per heavy atom. The molecule has 0 fully saturated rings. The van der Waals surface area contributed by atoms with Crippen LogP contribution in [0.5, 0.6) is 0 Å². The maximum absolute atomic E-state index is 9.99. The van der Waals surface area contributed by atoms with Crippen molar-refractivity contribution in [2.45, 2.75) is 27.7 Å². The van der Waals surface area contributed by atoms with Crippen LogP contribution >= 0.6 is 0 Å². The van der Waals surface area contributed by atoms with Gasteiger partial charge in [0.25, 0.3) is 0 Å². The molecule has 21 heavy (non-hydrogen) atoms. The van der Waals surface area contributed by atoms with E-state index in [-0.39, 0.29) is 16.8 Å². The van der Waals surface area contributed by atoms with Gasteiger partial charge in [0.15, 0.2) is 11.5 Å². The van der Waals surface area contributed by atoms with Crippen molar-refractivity contribution in [2.24, 2.45) is 0 Å². The van der Waals surface area contributed by atoms with Crippen molar-refractivity contribution in [3.05, 3.63) is 43.1 Å². The number of carbonyl (C=O) groups excluding carboxylic acids is 2. The Kier molecular flexibility index (Phi) is 11.9. The number of nitro groups is 2. The van der Waals surface area contributed by atoms with E-state index >= 15 is 0 Å². The maximum atomic E-state index is 9.99. The molecule has 11 heteroatoms. The van der Waals surface area contributed by atoms with Crippen LogP contribution in [-0.4, -0.2) is 41.2 Å². The third-order valence-electron chi connectivity index (χ3n) is 1.74. The minimum Gasteiger partial charge on any atom is -0.506 e. The molecule has 0 heterocycles. The Hall–Kier alpha value is -2.27. The molecule has 0 rings (SSSR count). The largest absolute Gasteiger partial charge is 3.00 e. The summed E-state index contributed by atoms with van der Waals surface area (Å²) in [6, 6.07) is 0. The molecule has 0 aliphatic heterocycles. The van der Waals surface area contributed by atoms with Crippen LogP contribution < -0.4 is 0 Å². The molecule has 0 aromatic heterocycles. The summed E-state index contributed by atoms with van der Waals surface area (Å²) >= 11 is 0. The van der Waals surface area contributed by atoms with E-state index in [4.69, 9.17) is 19.8 Å². The number of aliphatic hydroxyl groups excluding tert-OH is 2. The van der Waals surface area contributed by atoms with E-state index < -0.39 is 44.3 Å². The predicted octanol–water partition coefficient (Wildman–Crippen LogP) is 1.23. The third-order valence-corrected chi connectivity index (χ3v) is 1.74. The Morgan fingerprint density at radius 2 is 1.00 bits per heavy atom. The number of hydrogen-bond donors (Lipinski definition) is 2. The summed E-state index contributed by atoms with van der Waals surface area (Å²) in [6.45, 7) is 4.55. The molecule has 0 saturated heterocycles. The van der Waals surface area contributed by atoms with Crippen LogP contribution in [0.4, 0.5) is 0 Å². The molecule has 0 aromatic carbocycles. The Morgan fingerprint density at radius 3 is 1.00 bits per heavy atom. The van der Waals surface area contributed by atoms with Gasteiger partial charge in [0.2, 0.25) is 0 Å². The summed E-state index contributed by atoms with van der Waals surface area (Å²) in [5, 5.41) is 37.2. The summed E-state index contributed by atoms with van der Waals surface area (Å²) in [6.07, 6.45) is 0. The second-order valence-corrected chi connectivity index (χ2v) is 3.55. The van der Waals surface area contributed by atoms with Gasteiger partial charge >= 0.3 is 39.7 Å². The summed E-state index contributed by atoms with van der Waals surface area (Å²) in [7, 11) is 0. The molecule has 4 N–H and O–H groups in total. The van der Waals surface area contributed by atoms with Crippen LogP contribution in [0, 0.1) is 20.2 Å². The van der Waals surface area contributed by atoms with Crippen molar-refractivity contribution in [3.63, 3.8) is 0 Å². The van der Waals surface area contributed by atoms with E-state index in [9.17, 15) is 20.2 Å². The Balaban J connectivity index is -0.000000295. The second kappa shape index (κ2) is 10.5. The van der Waals surface area contributed by atoms with Crippen LogP contribution in [0.15, 0.2) is 22.9 Å². The standard InChI is InChI=1S/2C5H7NO4.Co/c2*1-3(7)5(4(2)8)6(9)10;/h2*7H,1-2H3;/q;;+3/p+2/b2*5-3+;. The average molecular weight is 351 g/mol. The number of rotatable bonds is 4. The van der Waals surface area contributed by atoms with Crippen molar-refractivity contribution >= 4 is 11.6 Å². The van der Waals surface area contributed by atoms with Gasteiger partial charge in [-0.15, -0.1) is 0 Å². The van der Waals surface area contributed by atoms with Crippen LogP contribution in [0.1, 0.15) is 27.7 Å². The number of hydrogen-bond acceptors (Lipinski definition) is 6. The van der Waals surface area contributed by atoms with E-state index in [2.05, 4.69) is 0 Å². The smallest absolute Gasteiger partial charge is 0.506 e.